The Labute approximate surface area is 145 Å². The number of hydrogen-bond donors (Lipinski definition) is 1. The number of benzene rings is 2. The molecule has 23 heavy (non-hydrogen) atoms. The number of anilines is 2. The number of amides is 2. The first-order valence-electron chi connectivity index (χ1n) is 6.97. The second-order valence-corrected chi connectivity index (χ2v) is 5.91. The fourth-order valence-corrected chi connectivity index (χ4v) is 2.49. The Hall–Kier alpha value is -2.04. The van der Waals surface area contributed by atoms with Gasteiger partial charge in [-0.3, -0.25) is 9.59 Å². The van der Waals surface area contributed by atoms with Crippen molar-refractivity contribution in [1.29, 1.82) is 0 Å². The highest BCUT2D eigenvalue weighted by Crippen LogP contribution is 2.29. The highest BCUT2D eigenvalue weighted by atomic mass is 35.5. The smallest absolute Gasteiger partial charge is 0.244 e. The number of nitrogens with one attached hydrogen (secondary N) is 1. The lowest BCUT2D eigenvalue weighted by atomic mass is 10.2. The monoisotopic (exact) mass is 350 g/mol. The van der Waals surface area contributed by atoms with Crippen LogP contribution in [0.1, 0.15) is 12.5 Å². The molecule has 4 nitrogen and oxygen atoms in total. The quantitative estimate of drug-likeness (QED) is 0.893. The maximum Gasteiger partial charge on any atom is 0.244 e. The largest absolute Gasteiger partial charge is 0.324 e. The van der Waals surface area contributed by atoms with E-state index in [9.17, 15) is 9.59 Å². The Morgan fingerprint density at radius 1 is 1.13 bits per heavy atom. The molecular weight excluding hydrogens is 335 g/mol. The fourth-order valence-electron chi connectivity index (χ4n) is 2.11. The lowest BCUT2D eigenvalue weighted by molar-refractivity contribution is -0.120. The second-order valence-electron chi connectivity index (χ2n) is 5.06. The van der Waals surface area contributed by atoms with E-state index in [0.29, 0.717) is 21.4 Å². The minimum absolute atomic E-state index is 0.149. The van der Waals surface area contributed by atoms with Crippen molar-refractivity contribution in [1.82, 2.24) is 0 Å². The van der Waals surface area contributed by atoms with Gasteiger partial charge in [0.25, 0.3) is 0 Å². The van der Waals surface area contributed by atoms with Crippen molar-refractivity contribution in [2.24, 2.45) is 0 Å². The van der Waals surface area contributed by atoms with Gasteiger partial charge < -0.3 is 10.2 Å². The molecule has 0 aromatic heterocycles. The summed E-state index contributed by atoms with van der Waals surface area (Å²) in [6.07, 6.45) is 0. The van der Waals surface area contributed by atoms with E-state index < -0.39 is 0 Å². The summed E-state index contributed by atoms with van der Waals surface area (Å²) in [5.74, 6) is -0.611. The molecule has 1 N–H and O–H groups in total. The molecule has 0 saturated heterocycles. The van der Waals surface area contributed by atoms with Gasteiger partial charge in [0.05, 0.1) is 10.7 Å². The topological polar surface area (TPSA) is 49.4 Å². The maximum absolute atomic E-state index is 12.3. The molecule has 2 aromatic rings. The van der Waals surface area contributed by atoms with Crippen LogP contribution in [0.4, 0.5) is 11.4 Å². The van der Waals surface area contributed by atoms with Crippen LogP contribution in [-0.4, -0.2) is 18.4 Å². The first-order valence-corrected chi connectivity index (χ1v) is 7.72. The summed E-state index contributed by atoms with van der Waals surface area (Å²) >= 11 is 12.1. The van der Waals surface area contributed by atoms with Crippen LogP contribution in [0.5, 0.6) is 0 Å². The summed E-state index contributed by atoms with van der Waals surface area (Å²) in [5, 5.41) is 3.59. The molecule has 0 aliphatic carbocycles. The Balaban J connectivity index is 2.20. The molecule has 2 amide bonds. The molecule has 6 heteroatoms. The normalized spacial score (nSPS) is 10.3. The van der Waals surface area contributed by atoms with Gasteiger partial charge in [0.15, 0.2) is 0 Å². The van der Waals surface area contributed by atoms with Gasteiger partial charge >= 0.3 is 0 Å². The third-order valence-corrected chi connectivity index (χ3v) is 3.85. The second kappa shape index (κ2) is 7.49. The van der Waals surface area contributed by atoms with Crippen LogP contribution < -0.4 is 10.2 Å². The molecule has 0 aliphatic rings. The van der Waals surface area contributed by atoms with Gasteiger partial charge in [0.2, 0.25) is 11.8 Å². The lowest BCUT2D eigenvalue weighted by Crippen LogP contribution is -2.37. The Morgan fingerprint density at radius 3 is 2.48 bits per heavy atom. The van der Waals surface area contributed by atoms with Crippen LogP contribution in [0.2, 0.25) is 10.0 Å². The summed E-state index contributed by atoms with van der Waals surface area (Å²) in [6, 6.07) is 12.2. The van der Waals surface area contributed by atoms with Gasteiger partial charge in [-0.05, 0) is 36.8 Å². The third kappa shape index (κ3) is 4.47. The van der Waals surface area contributed by atoms with Gasteiger partial charge in [0, 0.05) is 17.6 Å². The van der Waals surface area contributed by atoms with Crippen molar-refractivity contribution >= 4 is 46.4 Å². The number of halogens is 2. The van der Waals surface area contributed by atoms with Crippen molar-refractivity contribution in [3.63, 3.8) is 0 Å². The van der Waals surface area contributed by atoms with Crippen LogP contribution in [-0.2, 0) is 9.59 Å². The van der Waals surface area contributed by atoms with E-state index in [2.05, 4.69) is 5.32 Å². The minimum Gasteiger partial charge on any atom is -0.324 e. The van der Waals surface area contributed by atoms with E-state index in [-0.39, 0.29) is 18.4 Å². The van der Waals surface area contributed by atoms with Crippen molar-refractivity contribution in [2.45, 2.75) is 13.8 Å². The Kier molecular flexibility index (Phi) is 5.64. The number of aryl methyl sites for hydroxylation is 1. The van der Waals surface area contributed by atoms with Gasteiger partial charge in [-0.1, -0.05) is 41.4 Å². The summed E-state index contributed by atoms with van der Waals surface area (Å²) in [4.78, 5) is 25.5. The number of carbonyl (C=O) groups excluding carboxylic acids is 2. The summed E-state index contributed by atoms with van der Waals surface area (Å²) in [5.41, 5.74) is 2.06. The zero-order valence-electron chi connectivity index (χ0n) is 12.8. The molecule has 120 valence electrons. The molecule has 0 aliphatic heterocycles. The zero-order valence-corrected chi connectivity index (χ0v) is 14.3. The molecule has 2 aromatic carbocycles. The molecule has 0 spiro atoms. The van der Waals surface area contributed by atoms with Gasteiger partial charge in [-0.25, -0.2) is 0 Å². The average Bonchev–Trinajstić information content (AvgIpc) is 2.49. The van der Waals surface area contributed by atoms with Crippen molar-refractivity contribution in [3.05, 3.63) is 58.1 Å². The Bertz CT molecular complexity index is 747. The molecule has 0 saturated carbocycles. The summed E-state index contributed by atoms with van der Waals surface area (Å²) < 4.78 is 0. The van der Waals surface area contributed by atoms with Crippen LogP contribution in [0, 0.1) is 6.92 Å². The molecule has 2 rings (SSSR count). The van der Waals surface area contributed by atoms with Crippen LogP contribution >= 0.6 is 23.2 Å². The van der Waals surface area contributed by atoms with E-state index in [0.717, 1.165) is 5.56 Å². The van der Waals surface area contributed by atoms with Crippen LogP contribution in [0.25, 0.3) is 0 Å². The summed E-state index contributed by atoms with van der Waals surface area (Å²) in [7, 11) is 0. The fraction of sp³-hybridized carbons (Fsp3) is 0.176. The van der Waals surface area contributed by atoms with E-state index in [1.807, 2.05) is 25.1 Å². The van der Waals surface area contributed by atoms with Gasteiger partial charge in [0.1, 0.15) is 6.54 Å². The molecule has 0 bridgehead atoms. The van der Waals surface area contributed by atoms with Gasteiger partial charge in [-0.2, -0.15) is 0 Å². The van der Waals surface area contributed by atoms with Crippen LogP contribution in [0.3, 0.4) is 0 Å². The number of para-hydroxylation sites is 1. The maximum atomic E-state index is 12.3. The predicted octanol–water partition coefficient (Wildman–Crippen LogP) is 4.29. The lowest BCUT2D eigenvalue weighted by Gasteiger charge is -2.22. The number of carbonyl (C=O) groups is 2. The standard InChI is InChI=1S/C17H16Cl2N2O2/c1-11-5-3-4-6-15(11)20-17(23)10-21(12(2)22)16-9-13(18)7-8-14(16)19/h3-9H,10H2,1-2H3,(H,20,23). The number of rotatable bonds is 4. The Morgan fingerprint density at radius 2 is 1.83 bits per heavy atom. The number of hydrogen-bond acceptors (Lipinski definition) is 2. The summed E-state index contributed by atoms with van der Waals surface area (Å²) in [6.45, 7) is 3.12. The van der Waals surface area contributed by atoms with E-state index in [1.165, 1.54) is 11.8 Å². The van der Waals surface area contributed by atoms with Crippen molar-refractivity contribution in [3.8, 4) is 0 Å². The van der Waals surface area contributed by atoms with Gasteiger partial charge in [-0.15, -0.1) is 0 Å². The minimum atomic E-state index is -0.314. The molecule has 0 unspecified atom stereocenters. The highest BCUT2D eigenvalue weighted by Gasteiger charge is 2.19. The molecular formula is C17H16Cl2N2O2. The third-order valence-electron chi connectivity index (χ3n) is 3.30. The molecule has 0 fully saturated rings. The molecule has 0 radical (unpaired) electrons. The first kappa shape index (κ1) is 17.3. The first-order chi connectivity index (χ1) is 10.9. The molecule has 0 heterocycles. The zero-order chi connectivity index (χ0) is 17.0. The van der Waals surface area contributed by atoms with E-state index >= 15 is 0 Å². The van der Waals surface area contributed by atoms with Crippen molar-refractivity contribution in [2.75, 3.05) is 16.8 Å². The van der Waals surface area contributed by atoms with Crippen molar-refractivity contribution < 1.29 is 9.59 Å². The molecule has 0 atom stereocenters. The predicted molar refractivity (Wildman–Crippen MR) is 94.3 cm³/mol. The number of nitrogens with zero attached hydrogens (tertiary/aromatic N) is 1. The average molecular weight is 351 g/mol. The SMILES string of the molecule is CC(=O)N(CC(=O)Nc1ccccc1C)c1cc(Cl)ccc1Cl. The van der Waals surface area contributed by atoms with E-state index in [1.54, 1.807) is 24.3 Å². The van der Waals surface area contributed by atoms with Crippen LogP contribution in [0.15, 0.2) is 42.5 Å². The highest BCUT2D eigenvalue weighted by molar-refractivity contribution is 6.35. The van der Waals surface area contributed by atoms with E-state index in [4.69, 9.17) is 23.2 Å².